The van der Waals surface area contributed by atoms with Gasteiger partial charge < -0.3 is 4.74 Å². The lowest BCUT2D eigenvalue weighted by molar-refractivity contribution is -0.134. The van der Waals surface area contributed by atoms with Crippen LogP contribution >= 0.6 is 23.2 Å². The Kier molecular flexibility index (Phi) is 6.53. The average Bonchev–Trinajstić information content (AvgIpc) is 3.62. The first-order chi connectivity index (χ1) is 17.2. The number of carbonyl (C=O) groups excluding carboxylic acids is 1. The van der Waals surface area contributed by atoms with E-state index >= 15 is 0 Å². The van der Waals surface area contributed by atoms with Crippen LogP contribution in [0.2, 0.25) is 10.0 Å². The second-order valence-corrected chi connectivity index (χ2v) is 11.1. The van der Waals surface area contributed by atoms with Gasteiger partial charge in [-0.1, -0.05) is 78.7 Å². The number of allylic oxidation sites excluding steroid dienone is 1. The van der Waals surface area contributed by atoms with E-state index in [9.17, 15) is 4.79 Å². The van der Waals surface area contributed by atoms with Crippen LogP contribution in [-0.4, -0.2) is 17.4 Å². The summed E-state index contributed by atoms with van der Waals surface area (Å²) in [5.74, 6) is -0.0631. The Balaban J connectivity index is 1.73. The number of hydrogen-bond acceptors (Lipinski definition) is 2. The molecule has 2 atom stereocenters. The Morgan fingerprint density at radius 3 is 2.19 bits per heavy atom. The highest BCUT2D eigenvalue weighted by molar-refractivity contribution is 6.30. The number of fused-ring (bicyclic) bond motifs is 1. The summed E-state index contributed by atoms with van der Waals surface area (Å²) in [4.78, 5) is 16.2. The van der Waals surface area contributed by atoms with Gasteiger partial charge in [0.15, 0.2) is 5.72 Å². The number of rotatable bonds is 8. The number of halogens is 2. The maximum absolute atomic E-state index is 14.3. The summed E-state index contributed by atoms with van der Waals surface area (Å²) in [6, 6.07) is 21.1. The lowest BCUT2D eigenvalue weighted by atomic mass is 9.90. The van der Waals surface area contributed by atoms with Crippen LogP contribution in [0.5, 0.6) is 0 Å². The van der Waals surface area contributed by atoms with Crippen LogP contribution in [0.1, 0.15) is 78.7 Å². The highest BCUT2D eigenvalue weighted by Gasteiger charge is 2.56. The van der Waals surface area contributed by atoms with Crippen molar-refractivity contribution in [2.75, 3.05) is 6.61 Å². The molecule has 0 spiro atoms. The Morgan fingerprint density at radius 2 is 1.64 bits per heavy atom. The Labute approximate surface area is 223 Å². The van der Waals surface area contributed by atoms with Gasteiger partial charge in [0.05, 0.1) is 12.6 Å². The third-order valence-corrected chi connectivity index (χ3v) is 8.44. The van der Waals surface area contributed by atoms with Gasteiger partial charge in [0.25, 0.3) is 5.91 Å². The van der Waals surface area contributed by atoms with E-state index in [-0.39, 0.29) is 17.4 Å². The van der Waals surface area contributed by atoms with Crippen LogP contribution in [0.4, 0.5) is 0 Å². The molecule has 1 aliphatic heterocycles. The molecule has 2 aliphatic rings. The van der Waals surface area contributed by atoms with Crippen LogP contribution in [0.3, 0.4) is 0 Å². The van der Waals surface area contributed by atoms with Crippen molar-refractivity contribution in [3.8, 4) is 0 Å². The monoisotopic (exact) mass is 519 g/mol. The molecule has 3 aromatic rings. The molecule has 0 bridgehead atoms. The van der Waals surface area contributed by atoms with Crippen LogP contribution in [0.15, 0.2) is 73.3 Å². The van der Waals surface area contributed by atoms with Crippen LogP contribution in [0.25, 0.3) is 5.57 Å². The largest absolute Gasteiger partial charge is 0.346 e. The van der Waals surface area contributed by atoms with Gasteiger partial charge >= 0.3 is 0 Å². The van der Waals surface area contributed by atoms with Crippen molar-refractivity contribution in [2.24, 2.45) is 5.41 Å². The summed E-state index contributed by atoms with van der Waals surface area (Å²) in [5, 5.41) is 1.30. The fourth-order valence-electron chi connectivity index (χ4n) is 5.26. The van der Waals surface area contributed by atoms with E-state index in [1.54, 1.807) is 0 Å². The number of carbonyl (C=O) groups is 1. The predicted octanol–water partition coefficient (Wildman–Crippen LogP) is 8.65. The first-order valence-corrected chi connectivity index (χ1v) is 13.3. The predicted molar refractivity (Wildman–Crippen MR) is 147 cm³/mol. The van der Waals surface area contributed by atoms with E-state index in [4.69, 9.17) is 27.9 Å². The molecular formula is C31H31Cl2NO2. The van der Waals surface area contributed by atoms with Gasteiger partial charge in [-0.15, -0.1) is 0 Å². The summed E-state index contributed by atoms with van der Waals surface area (Å²) in [5.41, 5.74) is 4.30. The number of benzene rings is 3. The zero-order valence-corrected chi connectivity index (χ0v) is 22.5. The minimum Gasteiger partial charge on any atom is -0.346 e. The van der Waals surface area contributed by atoms with Crippen LogP contribution in [0, 0.1) is 5.41 Å². The van der Waals surface area contributed by atoms with E-state index < -0.39 is 5.72 Å². The number of nitrogens with zero attached hydrogens (tertiary/aromatic N) is 1. The molecule has 0 unspecified atom stereocenters. The Morgan fingerprint density at radius 1 is 1.03 bits per heavy atom. The van der Waals surface area contributed by atoms with Crippen molar-refractivity contribution >= 4 is 34.7 Å². The molecule has 5 heteroatoms. The van der Waals surface area contributed by atoms with Crippen molar-refractivity contribution in [3.05, 3.63) is 111 Å². The van der Waals surface area contributed by atoms with Crippen molar-refractivity contribution in [2.45, 2.75) is 51.8 Å². The summed E-state index contributed by atoms with van der Waals surface area (Å²) in [7, 11) is 0. The molecule has 0 aromatic heterocycles. The van der Waals surface area contributed by atoms with Gasteiger partial charge in [-0.25, -0.2) is 0 Å². The smallest absolute Gasteiger partial charge is 0.257 e. The third-order valence-electron chi connectivity index (χ3n) is 7.94. The fourth-order valence-corrected chi connectivity index (χ4v) is 5.51. The normalized spacial score (nSPS) is 20.8. The highest BCUT2D eigenvalue weighted by atomic mass is 35.5. The molecule has 186 valence electrons. The molecule has 1 aliphatic carbocycles. The highest BCUT2D eigenvalue weighted by Crippen LogP contribution is 2.54. The van der Waals surface area contributed by atoms with Crippen molar-refractivity contribution < 1.29 is 9.53 Å². The standard InChI is InChI=1S/C31H31Cl2NO2/c1-5-30(16-17-30)19-36-31(24-9-13-26(33)14-10-24)28-15-8-23(20(2)3)18-27(28)29(35)34(31)21(4)22-6-11-25(32)12-7-22/h6-15,18,21H,2,5,16-17,19H2,1,3-4H3/t21-,31+/m0/s1. The summed E-state index contributed by atoms with van der Waals surface area (Å²) >= 11 is 12.5. The molecule has 0 saturated heterocycles. The zero-order chi connectivity index (χ0) is 25.7. The molecule has 3 aromatic carbocycles. The number of ether oxygens (including phenoxy) is 1. The molecular weight excluding hydrogens is 489 g/mol. The third kappa shape index (κ3) is 4.18. The van der Waals surface area contributed by atoms with E-state index in [0.717, 1.165) is 47.1 Å². The minimum atomic E-state index is -1.09. The van der Waals surface area contributed by atoms with E-state index in [1.165, 1.54) is 0 Å². The number of hydrogen-bond donors (Lipinski definition) is 0. The molecule has 5 rings (SSSR count). The van der Waals surface area contributed by atoms with Gasteiger partial charge in [-0.2, -0.15) is 0 Å². The summed E-state index contributed by atoms with van der Waals surface area (Å²) in [6.07, 6.45) is 3.33. The van der Waals surface area contributed by atoms with Gasteiger partial charge in [0.2, 0.25) is 0 Å². The Bertz CT molecular complexity index is 1310. The van der Waals surface area contributed by atoms with Gasteiger partial charge in [-0.3, -0.25) is 9.69 Å². The maximum atomic E-state index is 14.3. The van der Waals surface area contributed by atoms with E-state index in [1.807, 2.05) is 85.5 Å². The molecule has 0 radical (unpaired) electrons. The second kappa shape index (κ2) is 9.37. The molecule has 1 heterocycles. The zero-order valence-electron chi connectivity index (χ0n) is 21.0. The summed E-state index contributed by atoms with van der Waals surface area (Å²) in [6.45, 7) is 10.9. The van der Waals surface area contributed by atoms with Crippen molar-refractivity contribution in [1.29, 1.82) is 0 Å². The van der Waals surface area contributed by atoms with Crippen molar-refractivity contribution in [1.82, 2.24) is 4.90 Å². The SMILES string of the molecule is C=C(C)c1ccc2c(c1)C(=O)N([C@@H](C)c1ccc(Cl)cc1)[C@@]2(OCC1(CC)CC1)c1ccc(Cl)cc1. The topological polar surface area (TPSA) is 29.5 Å². The minimum absolute atomic E-state index is 0.0631. The van der Waals surface area contributed by atoms with E-state index in [0.29, 0.717) is 22.2 Å². The second-order valence-electron chi connectivity index (χ2n) is 10.2. The van der Waals surface area contributed by atoms with Gasteiger partial charge in [-0.05, 0) is 80.0 Å². The molecule has 3 nitrogen and oxygen atoms in total. The average molecular weight is 521 g/mol. The lowest BCUT2D eigenvalue weighted by Gasteiger charge is -2.43. The molecule has 36 heavy (non-hydrogen) atoms. The molecule has 1 amide bonds. The molecule has 1 fully saturated rings. The quantitative estimate of drug-likeness (QED) is 0.298. The van der Waals surface area contributed by atoms with Crippen LogP contribution in [-0.2, 0) is 10.5 Å². The molecule has 1 saturated carbocycles. The summed E-state index contributed by atoms with van der Waals surface area (Å²) < 4.78 is 7.02. The lowest BCUT2D eigenvalue weighted by Crippen LogP contribution is -2.49. The van der Waals surface area contributed by atoms with Gasteiger partial charge in [0.1, 0.15) is 0 Å². The fraction of sp³-hybridized carbons (Fsp3) is 0.323. The van der Waals surface area contributed by atoms with Gasteiger partial charge in [0, 0.05) is 26.7 Å². The Hall–Kier alpha value is -2.59. The molecule has 0 N–H and O–H groups in total. The van der Waals surface area contributed by atoms with Crippen LogP contribution < -0.4 is 0 Å². The van der Waals surface area contributed by atoms with Crippen molar-refractivity contribution in [3.63, 3.8) is 0 Å². The first-order valence-electron chi connectivity index (χ1n) is 12.5. The maximum Gasteiger partial charge on any atom is 0.257 e. The number of amides is 1. The van der Waals surface area contributed by atoms with E-state index in [2.05, 4.69) is 13.5 Å². The first kappa shape index (κ1) is 25.1.